The smallest absolute Gasteiger partial charge is 0.105 e. The lowest BCUT2D eigenvalue weighted by Crippen LogP contribution is -1.91. The Morgan fingerprint density at radius 1 is 1.75 bits per heavy atom. The molecule has 3 heteroatoms. The quantitative estimate of drug-likeness (QED) is 0.160. The van der Waals surface area contributed by atoms with Gasteiger partial charge in [-0.25, -0.2) is 0 Å². The SMILES string of the molecule is NC=NN. The van der Waals surface area contributed by atoms with Crippen LogP contribution in [-0.2, 0) is 0 Å². The Morgan fingerprint density at radius 2 is 2.00 bits per heavy atom. The molecule has 0 aliphatic rings. The summed E-state index contributed by atoms with van der Waals surface area (Å²) in [6, 6.07) is 0. The maximum atomic E-state index is 4.61. The summed E-state index contributed by atoms with van der Waals surface area (Å²) < 4.78 is 0. The fourth-order valence-corrected chi connectivity index (χ4v) is 0. The molecule has 0 unspecified atom stereocenters. The van der Waals surface area contributed by atoms with Crippen molar-refractivity contribution in [3.63, 3.8) is 0 Å². The second kappa shape index (κ2) is 2.27. The predicted octanol–water partition coefficient (Wildman–Crippen LogP) is -1.15. The maximum absolute atomic E-state index is 4.61. The van der Waals surface area contributed by atoms with Crippen LogP contribution in [0.5, 0.6) is 0 Å². The van der Waals surface area contributed by atoms with Gasteiger partial charge in [0.1, 0.15) is 6.34 Å². The van der Waals surface area contributed by atoms with Crippen molar-refractivity contribution in [1.29, 1.82) is 0 Å². The van der Waals surface area contributed by atoms with E-state index in [-0.39, 0.29) is 0 Å². The molecule has 0 aromatic rings. The Morgan fingerprint density at radius 3 is 2.00 bits per heavy atom. The van der Waals surface area contributed by atoms with E-state index in [4.69, 9.17) is 0 Å². The zero-order chi connectivity index (χ0) is 3.41. The van der Waals surface area contributed by atoms with Crippen LogP contribution >= 0.6 is 0 Å². The lowest BCUT2D eigenvalue weighted by molar-refractivity contribution is 1.25. The van der Waals surface area contributed by atoms with Crippen molar-refractivity contribution in [2.45, 2.75) is 0 Å². The standard InChI is InChI=1S/CH5N3/c2-1-4-3/h1H,3H2,(H2,2,4). The van der Waals surface area contributed by atoms with Crippen LogP contribution < -0.4 is 11.6 Å². The van der Waals surface area contributed by atoms with Gasteiger partial charge in [0, 0.05) is 0 Å². The van der Waals surface area contributed by atoms with Gasteiger partial charge in [-0.1, -0.05) is 0 Å². The average Bonchev–Trinajstić information content (AvgIpc) is 1.37. The molecule has 0 atom stereocenters. The van der Waals surface area contributed by atoms with Crippen LogP contribution in [0, 0.1) is 0 Å². The van der Waals surface area contributed by atoms with E-state index in [9.17, 15) is 0 Å². The Balaban J connectivity index is 2.55. The van der Waals surface area contributed by atoms with E-state index < -0.39 is 0 Å². The molecule has 3 nitrogen and oxygen atoms in total. The molecule has 0 amide bonds. The number of hydrogen-bond acceptors (Lipinski definition) is 2. The molecule has 24 valence electrons. The molecule has 0 saturated heterocycles. The second-order valence-corrected chi connectivity index (χ2v) is 0.298. The van der Waals surface area contributed by atoms with E-state index >= 15 is 0 Å². The first-order valence-corrected chi connectivity index (χ1v) is 0.850. The largest absolute Gasteiger partial charge is 0.388 e. The van der Waals surface area contributed by atoms with Crippen LogP contribution in [0.1, 0.15) is 0 Å². The van der Waals surface area contributed by atoms with E-state index in [0.29, 0.717) is 0 Å². The normalized spacial score (nSPS) is 9.00. The molecule has 0 rings (SSSR count). The highest BCUT2D eigenvalue weighted by atomic mass is 15.1. The van der Waals surface area contributed by atoms with Crippen LogP contribution in [0.3, 0.4) is 0 Å². The van der Waals surface area contributed by atoms with Crippen LogP contribution in [0.15, 0.2) is 5.10 Å². The number of nitrogens with two attached hydrogens (primary N) is 2. The van der Waals surface area contributed by atoms with Crippen molar-refractivity contribution in [1.82, 2.24) is 0 Å². The Labute approximate surface area is 24.3 Å². The molecule has 0 heterocycles. The third-order valence-corrected chi connectivity index (χ3v) is 0.0861. The van der Waals surface area contributed by atoms with Crippen LogP contribution in [0.4, 0.5) is 0 Å². The van der Waals surface area contributed by atoms with Crippen LogP contribution in [-0.4, -0.2) is 6.34 Å². The summed E-state index contributed by atoms with van der Waals surface area (Å²) in [6.07, 6.45) is 1.03. The van der Waals surface area contributed by atoms with Crippen molar-refractivity contribution >= 4 is 6.34 Å². The minimum Gasteiger partial charge on any atom is -0.388 e. The topological polar surface area (TPSA) is 64.4 Å². The molecule has 0 aliphatic heterocycles. The highest BCUT2D eigenvalue weighted by Gasteiger charge is 1.29. The van der Waals surface area contributed by atoms with E-state index in [1.54, 1.807) is 0 Å². The molecule has 0 aliphatic carbocycles. The third-order valence-electron chi connectivity index (χ3n) is 0.0861. The summed E-state index contributed by atoms with van der Waals surface area (Å²) in [7, 11) is 0. The van der Waals surface area contributed by atoms with Gasteiger partial charge in [-0.15, -0.1) is 0 Å². The molecule has 0 fully saturated rings. The molecular formula is CH5N3. The first kappa shape index (κ1) is 3.27. The minimum absolute atomic E-state index is 1.03. The maximum Gasteiger partial charge on any atom is 0.105 e. The first-order chi connectivity index (χ1) is 1.91. The van der Waals surface area contributed by atoms with E-state index in [1.807, 2.05) is 0 Å². The van der Waals surface area contributed by atoms with Gasteiger partial charge in [-0.05, 0) is 0 Å². The summed E-state index contributed by atoms with van der Waals surface area (Å²) in [5.74, 6) is 4.47. The third kappa shape index (κ3) is 1.27. The van der Waals surface area contributed by atoms with Crippen molar-refractivity contribution in [3.8, 4) is 0 Å². The Hall–Kier alpha value is -0.730. The van der Waals surface area contributed by atoms with Crippen molar-refractivity contribution < 1.29 is 0 Å². The van der Waals surface area contributed by atoms with Gasteiger partial charge in [0.2, 0.25) is 0 Å². The van der Waals surface area contributed by atoms with Crippen molar-refractivity contribution in [2.75, 3.05) is 0 Å². The Kier molecular flexibility index (Phi) is 1.86. The van der Waals surface area contributed by atoms with Gasteiger partial charge in [0.25, 0.3) is 0 Å². The summed E-state index contributed by atoms with van der Waals surface area (Å²) in [5, 5.41) is 2.89. The highest BCUT2D eigenvalue weighted by Crippen LogP contribution is 1.16. The Bertz CT molecular complexity index is 18.5. The van der Waals surface area contributed by atoms with Crippen LogP contribution in [0.2, 0.25) is 0 Å². The number of nitrogens with zero attached hydrogens (tertiary/aromatic N) is 1. The van der Waals surface area contributed by atoms with E-state index in [2.05, 4.69) is 16.7 Å². The monoisotopic (exact) mass is 59.0 g/mol. The molecule has 0 aromatic heterocycles. The number of hydrazone groups is 1. The average molecular weight is 59.1 g/mol. The van der Waals surface area contributed by atoms with Gasteiger partial charge in [-0.2, -0.15) is 5.10 Å². The predicted molar refractivity (Wildman–Crippen MR) is 16.9 cm³/mol. The zero-order valence-corrected chi connectivity index (χ0v) is 2.18. The van der Waals surface area contributed by atoms with Crippen molar-refractivity contribution in [3.05, 3.63) is 0 Å². The van der Waals surface area contributed by atoms with Crippen molar-refractivity contribution in [2.24, 2.45) is 16.7 Å². The molecule has 4 N–H and O–H groups in total. The molecule has 0 spiro atoms. The molecule has 0 radical (unpaired) electrons. The number of hydrogen-bond donors (Lipinski definition) is 2. The molecule has 0 aromatic carbocycles. The summed E-state index contributed by atoms with van der Waals surface area (Å²) in [4.78, 5) is 0. The van der Waals surface area contributed by atoms with E-state index in [0.717, 1.165) is 6.34 Å². The van der Waals surface area contributed by atoms with Crippen LogP contribution in [0.25, 0.3) is 0 Å². The molecular weight excluding hydrogens is 54.0 g/mol. The minimum atomic E-state index is 1.03. The van der Waals surface area contributed by atoms with Gasteiger partial charge in [0.15, 0.2) is 0 Å². The fourth-order valence-electron chi connectivity index (χ4n) is 0. The second-order valence-electron chi connectivity index (χ2n) is 0.298. The van der Waals surface area contributed by atoms with Gasteiger partial charge < -0.3 is 11.6 Å². The zero-order valence-electron chi connectivity index (χ0n) is 2.18. The lowest BCUT2D eigenvalue weighted by Gasteiger charge is -1.57. The summed E-state index contributed by atoms with van der Waals surface area (Å²) in [5.41, 5.74) is 4.61. The van der Waals surface area contributed by atoms with E-state index in [1.165, 1.54) is 0 Å². The van der Waals surface area contributed by atoms with Gasteiger partial charge in [-0.3, -0.25) is 0 Å². The highest BCUT2D eigenvalue weighted by molar-refractivity contribution is 5.50. The van der Waals surface area contributed by atoms with Gasteiger partial charge in [0.05, 0.1) is 0 Å². The van der Waals surface area contributed by atoms with Gasteiger partial charge >= 0.3 is 0 Å². The summed E-state index contributed by atoms with van der Waals surface area (Å²) >= 11 is 0. The summed E-state index contributed by atoms with van der Waals surface area (Å²) in [6.45, 7) is 0. The molecule has 4 heavy (non-hydrogen) atoms. The fraction of sp³-hybridized carbons (Fsp3) is 0. The molecule has 0 bridgehead atoms. The first-order valence-electron chi connectivity index (χ1n) is 0.850. The number of rotatable bonds is 0. The lowest BCUT2D eigenvalue weighted by atomic mass is 11.4. The molecule has 0 saturated carbocycles.